The van der Waals surface area contributed by atoms with Gasteiger partial charge in [-0.25, -0.2) is 0 Å². The number of thioether (sulfide) groups is 1. The number of carbonyl (C=O) groups excluding carboxylic acids is 2. The molecule has 0 spiro atoms. The first-order chi connectivity index (χ1) is 9.06. The largest absolute Gasteiger partial charge is 0.352 e. The second kappa shape index (κ2) is 6.10. The number of rotatable bonds is 3. The van der Waals surface area contributed by atoms with E-state index in [0.717, 1.165) is 16.3 Å². The molecule has 0 aromatic heterocycles. The van der Waals surface area contributed by atoms with Crippen molar-refractivity contribution in [1.29, 1.82) is 0 Å². The Hall–Kier alpha value is -1.49. The molecule has 1 aromatic carbocycles. The summed E-state index contributed by atoms with van der Waals surface area (Å²) in [4.78, 5) is 24.5. The zero-order chi connectivity index (χ0) is 13.8. The third-order valence-electron chi connectivity index (χ3n) is 2.77. The van der Waals surface area contributed by atoms with Gasteiger partial charge < -0.3 is 10.6 Å². The molecule has 0 radical (unpaired) electrons. The van der Waals surface area contributed by atoms with E-state index in [9.17, 15) is 9.59 Å². The number of benzene rings is 1. The highest BCUT2D eigenvalue weighted by molar-refractivity contribution is 7.99. The first-order valence-corrected chi connectivity index (χ1v) is 7.39. The Balaban J connectivity index is 2.15. The molecule has 0 saturated heterocycles. The fourth-order valence-corrected chi connectivity index (χ4v) is 2.70. The zero-order valence-corrected chi connectivity index (χ0v) is 12.0. The average molecular weight is 278 g/mol. The fraction of sp³-hybridized carbons (Fsp3) is 0.429. The number of hydrogen-bond acceptors (Lipinski definition) is 3. The van der Waals surface area contributed by atoms with Crippen LogP contribution in [-0.2, 0) is 4.79 Å². The molecule has 0 bridgehead atoms. The molecule has 2 N–H and O–H groups in total. The minimum absolute atomic E-state index is 0.00554. The molecule has 19 heavy (non-hydrogen) atoms. The van der Waals surface area contributed by atoms with E-state index in [4.69, 9.17) is 0 Å². The molecule has 2 amide bonds. The second-order valence-corrected chi connectivity index (χ2v) is 6.10. The average Bonchev–Trinajstić information content (AvgIpc) is 2.55. The van der Waals surface area contributed by atoms with Crippen LogP contribution in [0.5, 0.6) is 0 Å². The predicted octanol–water partition coefficient (Wildman–Crippen LogP) is 2.51. The van der Waals surface area contributed by atoms with Crippen LogP contribution in [0.1, 0.15) is 30.6 Å². The summed E-state index contributed by atoms with van der Waals surface area (Å²) in [5.41, 5.74) is 1.33. The van der Waals surface area contributed by atoms with Gasteiger partial charge in [-0.1, -0.05) is 13.8 Å². The highest BCUT2D eigenvalue weighted by Gasteiger charge is 2.15. The lowest BCUT2D eigenvalue weighted by molar-refractivity contribution is -0.115. The molecule has 102 valence electrons. The zero-order valence-electron chi connectivity index (χ0n) is 11.2. The van der Waals surface area contributed by atoms with Gasteiger partial charge in [-0.3, -0.25) is 9.59 Å². The number of fused-ring (bicyclic) bond motifs is 1. The second-order valence-electron chi connectivity index (χ2n) is 4.96. The minimum Gasteiger partial charge on any atom is -0.352 e. The molecule has 0 saturated carbocycles. The summed E-state index contributed by atoms with van der Waals surface area (Å²) in [6, 6.07) is 5.45. The fourth-order valence-electron chi connectivity index (χ4n) is 1.76. The summed E-state index contributed by atoms with van der Waals surface area (Å²) in [5, 5.41) is 5.72. The first-order valence-electron chi connectivity index (χ1n) is 6.41. The van der Waals surface area contributed by atoms with Crippen molar-refractivity contribution in [2.45, 2.75) is 25.2 Å². The van der Waals surface area contributed by atoms with E-state index in [1.54, 1.807) is 23.9 Å². The van der Waals surface area contributed by atoms with Crippen LogP contribution in [0.4, 0.5) is 5.69 Å². The van der Waals surface area contributed by atoms with Crippen molar-refractivity contribution in [2.75, 3.05) is 17.6 Å². The predicted molar refractivity (Wildman–Crippen MR) is 77.6 cm³/mol. The van der Waals surface area contributed by atoms with Crippen LogP contribution in [0, 0.1) is 5.92 Å². The SMILES string of the molecule is CC(C)CNC(=O)c1ccc2c(c1)NC(=O)CCS2. The van der Waals surface area contributed by atoms with Crippen LogP contribution in [0.25, 0.3) is 0 Å². The highest BCUT2D eigenvalue weighted by atomic mass is 32.2. The molecule has 5 heteroatoms. The minimum atomic E-state index is -0.0972. The van der Waals surface area contributed by atoms with Crippen LogP contribution in [0.3, 0.4) is 0 Å². The van der Waals surface area contributed by atoms with E-state index >= 15 is 0 Å². The lowest BCUT2D eigenvalue weighted by Gasteiger charge is -2.10. The number of nitrogens with one attached hydrogen (secondary N) is 2. The smallest absolute Gasteiger partial charge is 0.251 e. The molecular formula is C14H18N2O2S. The van der Waals surface area contributed by atoms with Gasteiger partial charge in [-0.15, -0.1) is 11.8 Å². The maximum absolute atomic E-state index is 12.0. The van der Waals surface area contributed by atoms with Crippen molar-refractivity contribution >= 4 is 29.3 Å². The van der Waals surface area contributed by atoms with Crippen molar-refractivity contribution in [1.82, 2.24) is 5.32 Å². The van der Waals surface area contributed by atoms with Gasteiger partial charge in [-0.05, 0) is 24.1 Å². The van der Waals surface area contributed by atoms with Crippen LogP contribution >= 0.6 is 11.8 Å². The van der Waals surface area contributed by atoms with Crippen LogP contribution < -0.4 is 10.6 Å². The number of carbonyl (C=O) groups is 2. The van der Waals surface area contributed by atoms with E-state index in [0.29, 0.717) is 24.4 Å². The van der Waals surface area contributed by atoms with Crippen molar-refractivity contribution in [2.24, 2.45) is 5.92 Å². The lowest BCUT2D eigenvalue weighted by Crippen LogP contribution is -2.27. The number of hydrogen-bond donors (Lipinski definition) is 2. The Labute approximate surface area is 117 Å². The molecular weight excluding hydrogens is 260 g/mol. The summed E-state index contributed by atoms with van der Waals surface area (Å²) in [6.07, 6.45) is 0.508. The monoisotopic (exact) mass is 278 g/mol. The summed E-state index contributed by atoms with van der Waals surface area (Å²) in [7, 11) is 0. The third kappa shape index (κ3) is 3.73. The Morgan fingerprint density at radius 1 is 1.47 bits per heavy atom. The van der Waals surface area contributed by atoms with Gasteiger partial charge in [-0.2, -0.15) is 0 Å². The molecule has 4 nitrogen and oxygen atoms in total. The summed E-state index contributed by atoms with van der Waals surface area (Å²) in [6.45, 7) is 4.75. The summed E-state index contributed by atoms with van der Waals surface area (Å²) >= 11 is 1.64. The molecule has 2 rings (SSSR count). The quantitative estimate of drug-likeness (QED) is 0.893. The van der Waals surface area contributed by atoms with E-state index in [1.165, 1.54) is 0 Å². The van der Waals surface area contributed by atoms with Gasteiger partial charge in [0, 0.05) is 29.2 Å². The van der Waals surface area contributed by atoms with Crippen molar-refractivity contribution in [3.63, 3.8) is 0 Å². The number of amides is 2. The van der Waals surface area contributed by atoms with Gasteiger partial charge in [0.15, 0.2) is 0 Å². The standard InChI is InChI=1S/C14H18N2O2S/c1-9(2)8-15-14(18)10-3-4-12-11(7-10)16-13(17)5-6-19-12/h3-4,7,9H,5-6,8H2,1-2H3,(H,15,18)(H,16,17). The van der Waals surface area contributed by atoms with Gasteiger partial charge >= 0.3 is 0 Å². The molecule has 1 aliphatic rings. The summed E-state index contributed by atoms with van der Waals surface area (Å²) in [5.74, 6) is 1.10. The van der Waals surface area contributed by atoms with Crippen molar-refractivity contribution in [3.05, 3.63) is 23.8 Å². The van der Waals surface area contributed by atoms with E-state index in [2.05, 4.69) is 10.6 Å². The Kier molecular flexibility index (Phi) is 4.47. The normalized spacial score (nSPS) is 14.6. The Morgan fingerprint density at radius 2 is 2.26 bits per heavy atom. The molecule has 1 heterocycles. The molecule has 0 unspecified atom stereocenters. The van der Waals surface area contributed by atoms with Gasteiger partial charge in [0.05, 0.1) is 5.69 Å². The Bertz CT molecular complexity index is 500. The first kappa shape index (κ1) is 13.9. The third-order valence-corrected chi connectivity index (χ3v) is 3.85. The summed E-state index contributed by atoms with van der Waals surface area (Å²) < 4.78 is 0. The maximum Gasteiger partial charge on any atom is 0.251 e. The molecule has 1 aromatic rings. The van der Waals surface area contributed by atoms with Crippen molar-refractivity contribution in [3.8, 4) is 0 Å². The van der Waals surface area contributed by atoms with Crippen LogP contribution in [-0.4, -0.2) is 24.1 Å². The van der Waals surface area contributed by atoms with Gasteiger partial charge in [0.1, 0.15) is 0 Å². The van der Waals surface area contributed by atoms with Gasteiger partial charge in [0.25, 0.3) is 5.91 Å². The number of anilines is 1. The van der Waals surface area contributed by atoms with Gasteiger partial charge in [0.2, 0.25) is 5.91 Å². The van der Waals surface area contributed by atoms with Crippen LogP contribution in [0.15, 0.2) is 23.1 Å². The Morgan fingerprint density at radius 3 is 3.00 bits per heavy atom. The molecule has 1 aliphatic heterocycles. The topological polar surface area (TPSA) is 58.2 Å². The maximum atomic E-state index is 12.0. The van der Waals surface area contributed by atoms with E-state index in [-0.39, 0.29) is 11.8 Å². The van der Waals surface area contributed by atoms with Crippen LogP contribution in [0.2, 0.25) is 0 Å². The highest BCUT2D eigenvalue weighted by Crippen LogP contribution is 2.31. The van der Waals surface area contributed by atoms with E-state index in [1.807, 2.05) is 19.9 Å². The van der Waals surface area contributed by atoms with Crippen molar-refractivity contribution < 1.29 is 9.59 Å². The lowest BCUT2D eigenvalue weighted by atomic mass is 10.1. The molecule has 0 fully saturated rings. The molecule has 0 aliphatic carbocycles. The van der Waals surface area contributed by atoms with E-state index < -0.39 is 0 Å². The molecule has 0 atom stereocenters.